The van der Waals surface area contributed by atoms with Gasteiger partial charge in [-0.3, -0.25) is 0 Å². The fourth-order valence-corrected chi connectivity index (χ4v) is 1.37. The highest BCUT2D eigenvalue weighted by atomic mass is 16.5. The Morgan fingerprint density at radius 3 is 2.62 bits per heavy atom. The van der Waals surface area contributed by atoms with Crippen molar-refractivity contribution < 1.29 is 9.26 Å². The number of rotatable bonds is 6. The average Bonchev–Trinajstić information content (AvgIpc) is 2.68. The molecule has 0 bridgehead atoms. The van der Waals surface area contributed by atoms with Crippen molar-refractivity contribution in [1.29, 1.82) is 0 Å². The van der Waals surface area contributed by atoms with Crippen LogP contribution in [0.4, 0.5) is 0 Å². The zero-order valence-corrected chi connectivity index (χ0v) is 10.4. The van der Waals surface area contributed by atoms with Crippen molar-refractivity contribution in [1.82, 2.24) is 10.1 Å². The molecule has 0 spiro atoms. The van der Waals surface area contributed by atoms with E-state index in [0.29, 0.717) is 24.1 Å². The Balaban J connectivity index is 2.64. The van der Waals surface area contributed by atoms with Crippen molar-refractivity contribution in [2.75, 3.05) is 7.11 Å². The van der Waals surface area contributed by atoms with E-state index in [9.17, 15) is 0 Å². The molecule has 5 heteroatoms. The first-order chi connectivity index (χ1) is 7.58. The van der Waals surface area contributed by atoms with Gasteiger partial charge < -0.3 is 15.0 Å². The van der Waals surface area contributed by atoms with Gasteiger partial charge in [0.2, 0.25) is 11.7 Å². The molecule has 5 nitrogen and oxygen atoms in total. The van der Waals surface area contributed by atoms with Gasteiger partial charge in [0.15, 0.2) is 0 Å². The molecule has 0 radical (unpaired) electrons. The fraction of sp³-hybridized carbons (Fsp3) is 0.818. The van der Waals surface area contributed by atoms with Crippen LogP contribution < -0.4 is 5.73 Å². The third-order valence-electron chi connectivity index (χ3n) is 2.69. The molecule has 0 fully saturated rings. The molecule has 0 aliphatic heterocycles. The van der Waals surface area contributed by atoms with Crippen LogP contribution in [0, 0.1) is 5.92 Å². The molecule has 1 rings (SSSR count). The Kier molecular flexibility index (Phi) is 4.89. The van der Waals surface area contributed by atoms with Crippen molar-refractivity contribution in [3.8, 4) is 0 Å². The topological polar surface area (TPSA) is 74.2 Å². The Morgan fingerprint density at radius 1 is 1.44 bits per heavy atom. The van der Waals surface area contributed by atoms with Gasteiger partial charge in [-0.1, -0.05) is 25.9 Å². The molecule has 0 amide bonds. The number of hydrogen-bond donors (Lipinski definition) is 1. The summed E-state index contributed by atoms with van der Waals surface area (Å²) in [7, 11) is 1.64. The smallest absolute Gasteiger partial charge is 0.228 e. The number of hydrogen-bond acceptors (Lipinski definition) is 5. The molecule has 2 atom stereocenters. The summed E-state index contributed by atoms with van der Waals surface area (Å²) in [6.45, 7) is 6.17. The van der Waals surface area contributed by atoms with Crippen LogP contribution in [-0.2, 0) is 11.2 Å². The molecule has 1 aromatic heterocycles. The molecule has 1 aromatic rings. The molecule has 2 unspecified atom stereocenters. The number of ether oxygens (including phenoxy) is 1. The van der Waals surface area contributed by atoms with Crippen LogP contribution in [0.3, 0.4) is 0 Å². The standard InChI is InChI=1S/C11H21N3O2/c1-5-9(15-4)11-13-10(16-14-11)6-8(12)7(2)3/h7-9H,5-6,12H2,1-4H3. The maximum Gasteiger partial charge on any atom is 0.228 e. The zero-order chi connectivity index (χ0) is 12.1. The van der Waals surface area contributed by atoms with E-state index in [1.54, 1.807) is 7.11 Å². The van der Waals surface area contributed by atoms with Gasteiger partial charge in [-0.2, -0.15) is 4.98 Å². The van der Waals surface area contributed by atoms with E-state index in [2.05, 4.69) is 24.0 Å². The first-order valence-corrected chi connectivity index (χ1v) is 5.69. The molecule has 92 valence electrons. The molecule has 16 heavy (non-hydrogen) atoms. The summed E-state index contributed by atoms with van der Waals surface area (Å²) >= 11 is 0. The highest BCUT2D eigenvalue weighted by Gasteiger charge is 2.18. The van der Waals surface area contributed by atoms with Crippen LogP contribution in [-0.4, -0.2) is 23.3 Å². The van der Waals surface area contributed by atoms with Gasteiger partial charge in [0, 0.05) is 19.6 Å². The van der Waals surface area contributed by atoms with E-state index in [0.717, 1.165) is 6.42 Å². The lowest BCUT2D eigenvalue weighted by Gasteiger charge is -2.12. The van der Waals surface area contributed by atoms with E-state index in [-0.39, 0.29) is 12.1 Å². The summed E-state index contributed by atoms with van der Waals surface area (Å²) in [5, 5.41) is 3.90. The lowest BCUT2D eigenvalue weighted by Crippen LogP contribution is -2.28. The number of nitrogens with two attached hydrogens (primary N) is 1. The van der Waals surface area contributed by atoms with E-state index in [4.69, 9.17) is 15.0 Å². The van der Waals surface area contributed by atoms with Crippen LogP contribution in [0.25, 0.3) is 0 Å². The number of aromatic nitrogens is 2. The van der Waals surface area contributed by atoms with Crippen LogP contribution in [0.5, 0.6) is 0 Å². The minimum Gasteiger partial charge on any atom is -0.373 e. The van der Waals surface area contributed by atoms with E-state index in [1.165, 1.54) is 0 Å². The largest absolute Gasteiger partial charge is 0.373 e. The van der Waals surface area contributed by atoms with Gasteiger partial charge in [0.05, 0.1) is 0 Å². The third-order valence-corrected chi connectivity index (χ3v) is 2.69. The quantitative estimate of drug-likeness (QED) is 0.800. The van der Waals surface area contributed by atoms with Gasteiger partial charge in [-0.25, -0.2) is 0 Å². The molecule has 1 heterocycles. The Labute approximate surface area is 96.4 Å². The first-order valence-electron chi connectivity index (χ1n) is 5.69. The Bertz CT molecular complexity index is 308. The van der Waals surface area contributed by atoms with Crippen LogP contribution in [0.15, 0.2) is 4.52 Å². The number of methoxy groups -OCH3 is 1. The molecular formula is C11H21N3O2. The Morgan fingerprint density at radius 2 is 2.12 bits per heavy atom. The van der Waals surface area contributed by atoms with Crippen LogP contribution in [0.1, 0.15) is 45.0 Å². The summed E-state index contributed by atoms with van der Waals surface area (Å²) in [5.74, 6) is 1.60. The van der Waals surface area contributed by atoms with Gasteiger partial charge in [0.1, 0.15) is 6.10 Å². The highest BCUT2D eigenvalue weighted by molar-refractivity contribution is 4.93. The zero-order valence-electron chi connectivity index (χ0n) is 10.4. The van der Waals surface area contributed by atoms with E-state index in [1.807, 2.05) is 6.92 Å². The van der Waals surface area contributed by atoms with Crippen LogP contribution in [0.2, 0.25) is 0 Å². The van der Waals surface area contributed by atoms with Crippen molar-refractivity contribution in [2.45, 2.75) is 45.8 Å². The van der Waals surface area contributed by atoms with Gasteiger partial charge >= 0.3 is 0 Å². The maximum atomic E-state index is 5.94. The first kappa shape index (κ1) is 13.1. The van der Waals surface area contributed by atoms with Crippen LogP contribution >= 0.6 is 0 Å². The molecule has 0 saturated heterocycles. The third kappa shape index (κ3) is 3.28. The average molecular weight is 227 g/mol. The van der Waals surface area contributed by atoms with E-state index >= 15 is 0 Å². The monoisotopic (exact) mass is 227 g/mol. The van der Waals surface area contributed by atoms with Gasteiger partial charge in [0.25, 0.3) is 0 Å². The second-order valence-corrected chi connectivity index (χ2v) is 4.29. The second kappa shape index (κ2) is 5.96. The van der Waals surface area contributed by atoms with Gasteiger partial charge in [-0.05, 0) is 12.3 Å². The summed E-state index contributed by atoms with van der Waals surface area (Å²) in [6.07, 6.45) is 1.35. The molecule has 2 N–H and O–H groups in total. The second-order valence-electron chi connectivity index (χ2n) is 4.29. The summed E-state index contributed by atoms with van der Waals surface area (Å²) in [4.78, 5) is 4.29. The van der Waals surface area contributed by atoms with E-state index < -0.39 is 0 Å². The lowest BCUT2D eigenvalue weighted by atomic mass is 10.0. The molecule has 0 aliphatic rings. The van der Waals surface area contributed by atoms with Crippen molar-refractivity contribution >= 4 is 0 Å². The SMILES string of the molecule is CCC(OC)c1noc(CC(N)C(C)C)n1. The summed E-state index contributed by atoms with van der Waals surface area (Å²) in [6, 6.07) is 0.0518. The predicted molar refractivity (Wildman–Crippen MR) is 60.9 cm³/mol. The van der Waals surface area contributed by atoms with Crippen molar-refractivity contribution in [2.24, 2.45) is 11.7 Å². The minimum absolute atomic E-state index is 0.0518. The summed E-state index contributed by atoms with van der Waals surface area (Å²) < 4.78 is 10.4. The fourth-order valence-electron chi connectivity index (χ4n) is 1.37. The van der Waals surface area contributed by atoms with Gasteiger partial charge in [-0.15, -0.1) is 0 Å². The lowest BCUT2D eigenvalue weighted by molar-refractivity contribution is 0.0903. The normalized spacial score (nSPS) is 15.4. The summed E-state index contributed by atoms with van der Waals surface area (Å²) in [5.41, 5.74) is 5.94. The minimum atomic E-state index is -0.0900. The van der Waals surface area contributed by atoms with Crippen molar-refractivity contribution in [3.05, 3.63) is 11.7 Å². The predicted octanol–water partition coefficient (Wildman–Crippen LogP) is 1.69. The molecule has 0 saturated carbocycles. The molecule has 0 aromatic carbocycles. The number of nitrogens with zero attached hydrogens (tertiary/aromatic N) is 2. The molecular weight excluding hydrogens is 206 g/mol. The Hall–Kier alpha value is -0.940. The highest BCUT2D eigenvalue weighted by Crippen LogP contribution is 2.17. The van der Waals surface area contributed by atoms with Crippen molar-refractivity contribution in [3.63, 3.8) is 0 Å². The molecule has 0 aliphatic carbocycles. The maximum absolute atomic E-state index is 5.94.